The highest BCUT2D eigenvalue weighted by Crippen LogP contribution is 2.45. The van der Waals surface area contributed by atoms with Crippen LogP contribution in [0.25, 0.3) is 11.0 Å². The van der Waals surface area contributed by atoms with Gasteiger partial charge in [-0.05, 0) is 113 Å². The Morgan fingerprint density at radius 3 is 2.40 bits per heavy atom. The molecule has 7 rings (SSSR count). The molecule has 0 saturated carbocycles. The van der Waals surface area contributed by atoms with Crippen molar-refractivity contribution in [3.63, 3.8) is 0 Å². The van der Waals surface area contributed by atoms with E-state index in [0.29, 0.717) is 31.0 Å². The Bertz CT molecular complexity index is 2000. The van der Waals surface area contributed by atoms with E-state index in [4.69, 9.17) is 9.82 Å². The third kappa shape index (κ3) is 6.33. The Morgan fingerprint density at radius 1 is 0.980 bits per heavy atom. The van der Waals surface area contributed by atoms with Crippen molar-refractivity contribution in [2.45, 2.75) is 87.2 Å². The average Bonchev–Trinajstić information content (AvgIpc) is 3.56. The fraction of sp³-hybridized carbons (Fsp3) is 0.459. The van der Waals surface area contributed by atoms with E-state index in [1.165, 1.54) is 23.4 Å². The van der Waals surface area contributed by atoms with Crippen molar-refractivity contribution in [1.29, 1.82) is 0 Å². The molecule has 0 unspecified atom stereocenters. The number of imidazole rings is 1. The first-order valence-electron chi connectivity index (χ1n) is 17.4. The van der Waals surface area contributed by atoms with Crippen LogP contribution >= 0.6 is 0 Å². The summed E-state index contributed by atoms with van der Waals surface area (Å²) in [6.45, 7) is 4.75. The monoisotopic (exact) mass is 709 g/mol. The first-order valence-corrected chi connectivity index (χ1v) is 18.9. The van der Waals surface area contributed by atoms with Gasteiger partial charge in [0.15, 0.2) is 5.82 Å². The number of nitrogens with one attached hydrogen (secondary N) is 1. The minimum absolute atomic E-state index is 0.0170. The lowest BCUT2D eigenvalue weighted by molar-refractivity contribution is 0.0597. The number of piperidine rings is 2. The second kappa shape index (κ2) is 13.7. The van der Waals surface area contributed by atoms with Crippen LogP contribution in [-0.2, 0) is 20.3 Å². The van der Waals surface area contributed by atoms with Gasteiger partial charge in [-0.2, -0.15) is 0 Å². The van der Waals surface area contributed by atoms with Crippen molar-refractivity contribution in [2.24, 2.45) is 0 Å². The van der Waals surface area contributed by atoms with Gasteiger partial charge in [-0.25, -0.2) is 26.6 Å². The molecular weight excluding hydrogens is 667 g/mol. The zero-order valence-corrected chi connectivity index (χ0v) is 29.1. The Balaban J connectivity index is 1.08. The molecule has 4 aromatic rings. The van der Waals surface area contributed by atoms with E-state index >= 15 is 4.39 Å². The number of hydrogen-bond acceptors (Lipinski definition) is 6. The number of amides is 1. The molecule has 3 fully saturated rings. The van der Waals surface area contributed by atoms with Crippen LogP contribution in [0.4, 0.5) is 13.2 Å². The Kier molecular flexibility index (Phi) is 9.52. The zero-order valence-electron chi connectivity index (χ0n) is 28.2. The van der Waals surface area contributed by atoms with E-state index in [-0.39, 0.29) is 25.5 Å². The van der Waals surface area contributed by atoms with Crippen molar-refractivity contribution in [2.75, 3.05) is 26.2 Å². The average molecular weight is 710 g/mol. The van der Waals surface area contributed by atoms with Crippen LogP contribution in [0.15, 0.2) is 65.6 Å². The number of carbonyl (C=O) groups is 1. The van der Waals surface area contributed by atoms with Crippen molar-refractivity contribution in [3.05, 3.63) is 95.1 Å². The molecule has 3 aromatic carbocycles. The number of carbonyl (C=O) groups excluding carboxylic acids is 1. The standard InChI is InChI=1S/C37H42F3N5O4S/c1-3-49-42-50(47,48)33-14-13-30(39)34(35(33)40)36(46)43-18-15-37(16-19-43,25-7-6-8-26(38)21-25)17-20-44-27-11-12-28(44)23-29(22-27)45-24(2)41-31-9-4-5-10-32(31)45/h4-10,13-14,21,27-29,42H,3,11-12,15-20,22-23H2,1-2H3/t27-,28+,29+. The molecule has 1 amide bonds. The summed E-state index contributed by atoms with van der Waals surface area (Å²) in [5, 5.41) is 0. The van der Waals surface area contributed by atoms with Crippen LogP contribution in [-0.4, -0.2) is 72.0 Å². The van der Waals surface area contributed by atoms with Gasteiger partial charge in [0.2, 0.25) is 0 Å². The van der Waals surface area contributed by atoms with Crippen LogP contribution in [0.5, 0.6) is 0 Å². The van der Waals surface area contributed by atoms with Gasteiger partial charge in [0, 0.05) is 31.2 Å². The third-order valence-corrected chi connectivity index (χ3v) is 12.4. The van der Waals surface area contributed by atoms with E-state index in [1.807, 2.05) is 12.1 Å². The van der Waals surface area contributed by atoms with Gasteiger partial charge in [0.25, 0.3) is 15.9 Å². The summed E-state index contributed by atoms with van der Waals surface area (Å²) in [6.07, 6.45) is 5.95. The smallest absolute Gasteiger partial charge is 0.265 e. The van der Waals surface area contributed by atoms with E-state index in [2.05, 4.69) is 34.6 Å². The Labute approximate surface area is 290 Å². The number of halogens is 3. The van der Waals surface area contributed by atoms with Crippen molar-refractivity contribution < 1.29 is 31.2 Å². The number of hydrogen-bond donors (Lipinski definition) is 1. The van der Waals surface area contributed by atoms with Gasteiger partial charge in [0.05, 0.1) is 17.6 Å². The summed E-state index contributed by atoms with van der Waals surface area (Å²) in [7, 11) is -4.50. The number of likely N-dealkylation sites (tertiary alicyclic amines) is 1. The van der Waals surface area contributed by atoms with Crippen LogP contribution in [0, 0.1) is 24.4 Å². The molecule has 9 nitrogen and oxygen atoms in total. The second-order valence-corrected chi connectivity index (χ2v) is 15.5. The lowest BCUT2D eigenvalue weighted by atomic mass is 9.70. The molecule has 0 radical (unpaired) electrons. The summed E-state index contributed by atoms with van der Waals surface area (Å²) in [5.41, 5.74) is 1.64. The SMILES string of the molecule is CCONS(=O)(=O)c1ccc(F)c(C(=O)N2CCC(CCN3[C@@H]4CC[C@H]3C[C@@H](n3c(C)nc5ccccc53)C4)(c3cccc(F)c3)CC2)c1F. The van der Waals surface area contributed by atoms with Crippen molar-refractivity contribution in [1.82, 2.24) is 24.2 Å². The van der Waals surface area contributed by atoms with E-state index in [9.17, 15) is 22.0 Å². The summed E-state index contributed by atoms with van der Waals surface area (Å²) < 4.78 is 72.7. The molecule has 3 aliphatic heterocycles. The Morgan fingerprint density at radius 2 is 1.70 bits per heavy atom. The fourth-order valence-corrected chi connectivity index (χ4v) is 9.65. The van der Waals surface area contributed by atoms with Gasteiger partial charge < -0.3 is 9.47 Å². The predicted molar refractivity (Wildman–Crippen MR) is 182 cm³/mol. The topological polar surface area (TPSA) is 96.8 Å². The molecule has 50 heavy (non-hydrogen) atoms. The van der Waals surface area contributed by atoms with Gasteiger partial charge in [-0.1, -0.05) is 29.2 Å². The molecule has 4 heterocycles. The second-order valence-electron chi connectivity index (χ2n) is 13.9. The number of benzene rings is 3. The minimum atomic E-state index is -4.50. The quantitative estimate of drug-likeness (QED) is 0.191. The number of fused-ring (bicyclic) bond motifs is 3. The van der Waals surface area contributed by atoms with Gasteiger partial charge in [-0.3, -0.25) is 14.5 Å². The van der Waals surface area contributed by atoms with E-state index in [0.717, 1.165) is 67.7 Å². The largest absolute Gasteiger partial charge is 0.338 e. The highest BCUT2D eigenvalue weighted by atomic mass is 32.2. The minimum Gasteiger partial charge on any atom is -0.338 e. The van der Waals surface area contributed by atoms with Gasteiger partial charge in [0.1, 0.15) is 27.9 Å². The lowest BCUT2D eigenvalue weighted by Gasteiger charge is -2.45. The molecular formula is C37H42F3N5O4S. The summed E-state index contributed by atoms with van der Waals surface area (Å²) >= 11 is 0. The lowest BCUT2D eigenvalue weighted by Crippen LogP contribution is -2.49. The van der Waals surface area contributed by atoms with Crippen molar-refractivity contribution >= 4 is 27.0 Å². The number of aromatic nitrogens is 2. The molecule has 3 aliphatic rings. The van der Waals surface area contributed by atoms with Crippen molar-refractivity contribution in [3.8, 4) is 0 Å². The maximum Gasteiger partial charge on any atom is 0.265 e. The number of nitrogens with zero attached hydrogens (tertiary/aromatic N) is 4. The highest BCUT2D eigenvalue weighted by molar-refractivity contribution is 7.89. The first-order chi connectivity index (χ1) is 24.0. The fourth-order valence-electron chi connectivity index (χ4n) is 8.71. The first kappa shape index (κ1) is 34.7. The van der Waals surface area contributed by atoms with Crippen LogP contribution in [0.2, 0.25) is 0 Å². The maximum absolute atomic E-state index is 15.5. The Hall–Kier alpha value is -3.78. The van der Waals surface area contributed by atoms with Crippen LogP contribution < -0.4 is 4.89 Å². The molecule has 1 N–H and O–H groups in total. The maximum atomic E-state index is 15.5. The molecule has 3 atom stereocenters. The molecule has 2 bridgehead atoms. The molecule has 0 aliphatic carbocycles. The normalized spacial score (nSPS) is 22.3. The predicted octanol–water partition coefficient (Wildman–Crippen LogP) is 6.42. The molecule has 266 valence electrons. The summed E-state index contributed by atoms with van der Waals surface area (Å²) in [6, 6.07) is 17.6. The molecule has 13 heteroatoms. The zero-order chi connectivity index (χ0) is 35.2. The summed E-state index contributed by atoms with van der Waals surface area (Å²) in [4.78, 5) is 28.0. The third-order valence-electron chi connectivity index (χ3n) is 11.2. The number of aryl methyl sites for hydroxylation is 1. The van der Waals surface area contributed by atoms with E-state index < -0.39 is 43.4 Å². The molecule has 1 aromatic heterocycles. The van der Waals surface area contributed by atoms with Gasteiger partial charge >= 0.3 is 0 Å². The summed E-state index contributed by atoms with van der Waals surface area (Å²) in [5.74, 6) is -2.86. The van der Waals surface area contributed by atoms with Gasteiger partial charge in [-0.15, -0.1) is 0 Å². The number of sulfonamides is 1. The van der Waals surface area contributed by atoms with Crippen LogP contribution in [0.1, 0.15) is 79.7 Å². The molecule has 0 spiro atoms. The van der Waals surface area contributed by atoms with Crippen LogP contribution in [0.3, 0.4) is 0 Å². The number of para-hydroxylation sites is 2. The number of rotatable bonds is 10. The molecule has 3 saturated heterocycles. The van der Waals surface area contributed by atoms with E-state index in [1.54, 1.807) is 17.0 Å². The highest BCUT2D eigenvalue weighted by Gasteiger charge is 2.44.